The summed E-state index contributed by atoms with van der Waals surface area (Å²) < 4.78 is 0. The van der Waals surface area contributed by atoms with E-state index in [1.54, 1.807) is 0 Å². The quantitative estimate of drug-likeness (QED) is 0.867. The SMILES string of the molecule is CC1CCC(NC(=O)[C@@H]2Cc3ccccc3CN2)C1C. The van der Waals surface area contributed by atoms with Gasteiger partial charge in [-0.05, 0) is 42.2 Å². The van der Waals surface area contributed by atoms with Crippen molar-refractivity contribution in [1.82, 2.24) is 10.6 Å². The second-order valence-electron chi connectivity index (χ2n) is 6.44. The predicted octanol–water partition coefficient (Wildman–Crippen LogP) is 2.25. The highest BCUT2D eigenvalue weighted by molar-refractivity contribution is 5.82. The lowest BCUT2D eigenvalue weighted by molar-refractivity contribution is -0.124. The highest BCUT2D eigenvalue weighted by Gasteiger charge is 2.33. The molecule has 1 fully saturated rings. The molecule has 0 bridgehead atoms. The average Bonchev–Trinajstić information content (AvgIpc) is 2.78. The molecule has 3 heteroatoms. The summed E-state index contributed by atoms with van der Waals surface area (Å²) in [6, 6.07) is 8.67. The summed E-state index contributed by atoms with van der Waals surface area (Å²) in [4.78, 5) is 12.4. The predicted molar refractivity (Wildman–Crippen MR) is 80.3 cm³/mol. The first kappa shape index (κ1) is 13.6. The molecule has 20 heavy (non-hydrogen) atoms. The molecule has 1 heterocycles. The Kier molecular flexibility index (Phi) is 3.79. The Bertz CT molecular complexity index is 500. The Labute approximate surface area is 121 Å². The molecule has 3 rings (SSSR count). The molecule has 0 radical (unpaired) electrons. The molecule has 3 nitrogen and oxygen atoms in total. The van der Waals surface area contributed by atoms with E-state index in [0.717, 1.165) is 25.3 Å². The maximum Gasteiger partial charge on any atom is 0.237 e. The summed E-state index contributed by atoms with van der Waals surface area (Å²) in [5.41, 5.74) is 2.62. The number of rotatable bonds is 2. The van der Waals surface area contributed by atoms with Gasteiger partial charge in [0.15, 0.2) is 0 Å². The van der Waals surface area contributed by atoms with E-state index >= 15 is 0 Å². The van der Waals surface area contributed by atoms with E-state index in [9.17, 15) is 4.79 Å². The van der Waals surface area contributed by atoms with Crippen molar-refractivity contribution in [3.63, 3.8) is 0 Å². The van der Waals surface area contributed by atoms with Crippen molar-refractivity contribution in [1.29, 1.82) is 0 Å². The van der Waals surface area contributed by atoms with Crippen LogP contribution in [0.25, 0.3) is 0 Å². The van der Waals surface area contributed by atoms with Gasteiger partial charge < -0.3 is 10.6 Å². The van der Waals surface area contributed by atoms with Crippen LogP contribution in [0.1, 0.15) is 37.8 Å². The highest BCUT2D eigenvalue weighted by Crippen LogP contribution is 2.31. The van der Waals surface area contributed by atoms with Crippen molar-refractivity contribution >= 4 is 5.91 Å². The van der Waals surface area contributed by atoms with Crippen LogP contribution in [0.4, 0.5) is 0 Å². The number of fused-ring (bicyclic) bond motifs is 1. The van der Waals surface area contributed by atoms with E-state index in [0.29, 0.717) is 12.0 Å². The van der Waals surface area contributed by atoms with Gasteiger partial charge in [0.05, 0.1) is 6.04 Å². The molecule has 108 valence electrons. The molecule has 0 aromatic heterocycles. The Morgan fingerprint density at radius 2 is 1.95 bits per heavy atom. The third-order valence-corrected chi connectivity index (χ3v) is 5.19. The molecule has 0 spiro atoms. The van der Waals surface area contributed by atoms with Crippen LogP contribution in [0.5, 0.6) is 0 Å². The van der Waals surface area contributed by atoms with E-state index < -0.39 is 0 Å². The minimum absolute atomic E-state index is 0.0759. The molecule has 3 unspecified atom stereocenters. The molecule has 2 N–H and O–H groups in total. The van der Waals surface area contributed by atoms with Crippen LogP contribution in [0.3, 0.4) is 0 Å². The van der Waals surface area contributed by atoms with Crippen molar-refractivity contribution in [2.45, 2.75) is 51.7 Å². The van der Waals surface area contributed by atoms with E-state index in [4.69, 9.17) is 0 Å². The zero-order valence-electron chi connectivity index (χ0n) is 12.4. The Balaban J connectivity index is 1.62. The number of carbonyl (C=O) groups is 1. The first-order valence-electron chi connectivity index (χ1n) is 7.75. The second kappa shape index (κ2) is 5.57. The van der Waals surface area contributed by atoms with Crippen molar-refractivity contribution in [2.24, 2.45) is 11.8 Å². The molecular formula is C17H24N2O. The van der Waals surface area contributed by atoms with Gasteiger partial charge in [0.25, 0.3) is 0 Å². The number of carbonyl (C=O) groups excluding carboxylic acids is 1. The van der Waals surface area contributed by atoms with Crippen LogP contribution < -0.4 is 10.6 Å². The first-order chi connectivity index (χ1) is 9.65. The fourth-order valence-corrected chi connectivity index (χ4v) is 3.49. The molecular weight excluding hydrogens is 248 g/mol. The van der Waals surface area contributed by atoms with Gasteiger partial charge in [-0.2, -0.15) is 0 Å². The highest BCUT2D eigenvalue weighted by atomic mass is 16.2. The van der Waals surface area contributed by atoms with Gasteiger partial charge in [0.1, 0.15) is 0 Å². The summed E-state index contributed by atoms with van der Waals surface area (Å²) in [7, 11) is 0. The average molecular weight is 272 g/mol. The molecule has 1 aliphatic carbocycles. The summed E-state index contributed by atoms with van der Waals surface area (Å²) in [6.07, 6.45) is 3.16. The summed E-state index contributed by atoms with van der Waals surface area (Å²) in [5.74, 6) is 1.49. The normalized spacial score (nSPS) is 32.7. The van der Waals surface area contributed by atoms with E-state index in [-0.39, 0.29) is 11.9 Å². The van der Waals surface area contributed by atoms with Crippen LogP contribution in [0.15, 0.2) is 24.3 Å². The van der Waals surface area contributed by atoms with E-state index in [1.807, 2.05) is 0 Å². The minimum atomic E-state index is -0.0759. The van der Waals surface area contributed by atoms with Gasteiger partial charge in [-0.25, -0.2) is 0 Å². The maximum absolute atomic E-state index is 12.4. The third kappa shape index (κ3) is 2.59. The van der Waals surface area contributed by atoms with Crippen LogP contribution in [0.2, 0.25) is 0 Å². The molecule has 1 aliphatic heterocycles. The molecule has 2 aliphatic rings. The standard InChI is InChI=1S/C17H24N2O/c1-11-7-8-15(12(11)2)19-17(20)16-9-13-5-3-4-6-14(13)10-18-16/h3-6,11-12,15-16,18H,7-10H2,1-2H3,(H,19,20)/t11?,12?,15?,16-/m0/s1. The van der Waals surface area contributed by atoms with Crippen LogP contribution in [-0.4, -0.2) is 18.0 Å². The van der Waals surface area contributed by atoms with Gasteiger partial charge in [-0.15, -0.1) is 0 Å². The monoisotopic (exact) mass is 272 g/mol. The van der Waals surface area contributed by atoms with Gasteiger partial charge in [0.2, 0.25) is 5.91 Å². The second-order valence-corrected chi connectivity index (χ2v) is 6.44. The van der Waals surface area contributed by atoms with Gasteiger partial charge in [-0.3, -0.25) is 4.79 Å². The zero-order valence-corrected chi connectivity index (χ0v) is 12.4. The summed E-state index contributed by atoms with van der Waals surface area (Å²) >= 11 is 0. The van der Waals surface area contributed by atoms with Crippen molar-refractivity contribution < 1.29 is 4.79 Å². The van der Waals surface area contributed by atoms with Crippen molar-refractivity contribution in [2.75, 3.05) is 0 Å². The van der Waals surface area contributed by atoms with E-state index in [2.05, 4.69) is 48.7 Å². The minimum Gasteiger partial charge on any atom is -0.352 e. The van der Waals surface area contributed by atoms with Gasteiger partial charge in [-0.1, -0.05) is 38.1 Å². The molecule has 1 amide bonds. The van der Waals surface area contributed by atoms with Gasteiger partial charge in [0, 0.05) is 12.6 Å². The number of hydrogen-bond donors (Lipinski definition) is 2. The van der Waals surface area contributed by atoms with Crippen molar-refractivity contribution in [3.05, 3.63) is 35.4 Å². The topological polar surface area (TPSA) is 41.1 Å². The van der Waals surface area contributed by atoms with Crippen molar-refractivity contribution in [3.8, 4) is 0 Å². The first-order valence-corrected chi connectivity index (χ1v) is 7.75. The van der Waals surface area contributed by atoms with E-state index in [1.165, 1.54) is 17.5 Å². The van der Waals surface area contributed by atoms with Gasteiger partial charge >= 0.3 is 0 Å². The summed E-state index contributed by atoms with van der Waals surface area (Å²) in [6.45, 7) is 5.34. The lowest BCUT2D eigenvalue weighted by Crippen LogP contribution is -2.51. The van der Waals surface area contributed by atoms with Crippen LogP contribution in [-0.2, 0) is 17.8 Å². The maximum atomic E-state index is 12.4. The largest absolute Gasteiger partial charge is 0.352 e. The smallest absolute Gasteiger partial charge is 0.237 e. The lowest BCUT2D eigenvalue weighted by Gasteiger charge is -2.28. The third-order valence-electron chi connectivity index (χ3n) is 5.19. The fourth-order valence-electron chi connectivity index (χ4n) is 3.49. The zero-order chi connectivity index (χ0) is 14.1. The van der Waals surface area contributed by atoms with Crippen LogP contribution in [0, 0.1) is 11.8 Å². The number of hydrogen-bond acceptors (Lipinski definition) is 2. The number of benzene rings is 1. The number of nitrogens with one attached hydrogen (secondary N) is 2. The fraction of sp³-hybridized carbons (Fsp3) is 0.588. The molecule has 4 atom stereocenters. The lowest BCUT2D eigenvalue weighted by atomic mass is 9.94. The summed E-state index contributed by atoms with van der Waals surface area (Å²) in [5, 5.41) is 6.62. The Morgan fingerprint density at radius 3 is 2.65 bits per heavy atom. The Morgan fingerprint density at radius 1 is 1.20 bits per heavy atom. The molecule has 1 saturated carbocycles. The number of amides is 1. The molecule has 1 aromatic carbocycles. The van der Waals surface area contributed by atoms with Crippen LogP contribution >= 0.6 is 0 Å². The molecule has 0 saturated heterocycles. The Hall–Kier alpha value is -1.35. The molecule has 1 aromatic rings.